The van der Waals surface area contributed by atoms with E-state index in [4.69, 9.17) is 21.1 Å². The zero-order valence-electron chi connectivity index (χ0n) is 15.7. The molecule has 3 aromatic carbocycles. The lowest BCUT2D eigenvalue weighted by atomic mass is 10.1. The Balaban J connectivity index is 1.62. The smallest absolute Gasteiger partial charge is 0.124 e. The SMILES string of the molecule is COc1ccc(CNCc2cc(Cl)ccc2OCc2ccccc2C)cc1. The van der Waals surface area contributed by atoms with Gasteiger partial charge in [0, 0.05) is 23.7 Å². The maximum atomic E-state index is 6.19. The van der Waals surface area contributed by atoms with Gasteiger partial charge in [0.05, 0.1) is 7.11 Å². The lowest BCUT2D eigenvalue weighted by Gasteiger charge is -2.14. The molecule has 0 spiro atoms. The molecule has 140 valence electrons. The first-order chi connectivity index (χ1) is 13.2. The highest BCUT2D eigenvalue weighted by Gasteiger charge is 2.07. The first-order valence-electron chi connectivity index (χ1n) is 8.95. The normalized spacial score (nSPS) is 10.6. The van der Waals surface area contributed by atoms with Crippen molar-refractivity contribution in [3.63, 3.8) is 0 Å². The van der Waals surface area contributed by atoms with Gasteiger partial charge in [0.1, 0.15) is 18.1 Å². The summed E-state index contributed by atoms with van der Waals surface area (Å²) in [5, 5.41) is 4.16. The summed E-state index contributed by atoms with van der Waals surface area (Å²) in [6.07, 6.45) is 0. The van der Waals surface area contributed by atoms with Crippen LogP contribution in [-0.4, -0.2) is 7.11 Å². The van der Waals surface area contributed by atoms with Gasteiger partial charge in [-0.1, -0.05) is 48.0 Å². The molecule has 0 fully saturated rings. The van der Waals surface area contributed by atoms with Gasteiger partial charge in [-0.15, -0.1) is 0 Å². The third kappa shape index (κ3) is 5.49. The molecule has 0 saturated heterocycles. The van der Waals surface area contributed by atoms with Crippen LogP contribution in [0.2, 0.25) is 5.02 Å². The van der Waals surface area contributed by atoms with Crippen molar-refractivity contribution in [2.75, 3.05) is 7.11 Å². The molecule has 1 N–H and O–H groups in total. The minimum absolute atomic E-state index is 0.541. The van der Waals surface area contributed by atoms with E-state index >= 15 is 0 Å². The number of methoxy groups -OCH3 is 1. The number of halogens is 1. The summed E-state index contributed by atoms with van der Waals surface area (Å²) in [5.41, 5.74) is 4.65. The lowest BCUT2D eigenvalue weighted by molar-refractivity contribution is 0.301. The molecule has 3 rings (SSSR count). The molecule has 4 heteroatoms. The van der Waals surface area contributed by atoms with E-state index in [0.717, 1.165) is 23.6 Å². The predicted molar refractivity (Wildman–Crippen MR) is 111 cm³/mol. The van der Waals surface area contributed by atoms with Crippen molar-refractivity contribution in [3.8, 4) is 11.5 Å². The fourth-order valence-corrected chi connectivity index (χ4v) is 3.03. The summed E-state index contributed by atoms with van der Waals surface area (Å²) in [6.45, 7) is 4.07. The predicted octanol–water partition coefficient (Wildman–Crippen LogP) is 5.53. The van der Waals surface area contributed by atoms with E-state index in [2.05, 4.69) is 36.5 Å². The molecule has 0 saturated carbocycles. The molecular formula is C23H24ClNO2. The fraction of sp³-hybridized carbons (Fsp3) is 0.217. The molecule has 3 nitrogen and oxygen atoms in total. The summed E-state index contributed by atoms with van der Waals surface area (Å²) in [4.78, 5) is 0. The Kier molecular flexibility index (Phi) is 6.74. The number of ether oxygens (including phenoxy) is 2. The average Bonchev–Trinajstić information content (AvgIpc) is 2.69. The number of hydrogen-bond donors (Lipinski definition) is 1. The van der Waals surface area contributed by atoms with Crippen LogP contribution in [0.1, 0.15) is 22.3 Å². The molecule has 0 heterocycles. The first-order valence-corrected chi connectivity index (χ1v) is 9.33. The average molecular weight is 382 g/mol. The summed E-state index contributed by atoms with van der Waals surface area (Å²) in [7, 11) is 1.67. The van der Waals surface area contributed by atoms with Crippen molar-refractivity contribution in [1.29, 1.82) is 0 Å². The number of hydrogen-bond acceptors (Lipinski definition) is 3. The van der Waals surface area contributed by atoms with Crippen LogP contribution in [0.25, 0.3) is 0 Å². The van der Waals surface area contributed by atoms with E-state index in [0.29, 0.717) is 18.2 Å². The molecule has 27 heavy (non-hydrogen) atoms. The van der Waals surface area contributed by atoms with Gasteiger partial charge in [-0.3, -0.25) is 0 Å². The highest BCUT2D eigenvalue weighted by Crippen LogP contribution is 2.24. The highest BCUT2D eigenvalue weighted by atomic mass is 35.5. The first kappa shape index (κ1) is 19.3. The summed E-state index contributed by atoms with van der Waals surface area (Å²) in [6, 6.07) is 22.0. The largest absolute Gasteiger partial charge is 0.497 e. The van der Waals surface area contributed by atoms with Gasteiger partial charge < -0.3 is 14.8 Å². The lowest BCUT2D eigenvalue weighted by Crippen LogP contribution is -2.13. The number of nitrogens with one attached hydrogen (secondary N) is 1. The van der Waals surface area contributed by atoms with Gasteiger partial charge in [-0.2, -0.15) is 0 Å². The van der Waals surface area contributed by atoms with Crippen molar-refractivity contribution in [2.24, 2.45) is 0 Å². The Morgan fingerprint density at radius 1 is 0.889 bits per heavy atom. The quantitative estimate of drug-likeness (QED) is 0.556. The fourth-order valence-electron chi connectivity index (χ4n) is 2.84. The Labute approximate surface area is 165 Å². The number of benzene rings is 3. The van der Waals surface area contributed by atoms with Gasteiger partial charge in [0.2, 0.25) is 0 Å². The molecule has 0 aliphatic heterocycles. The second kappa shape index (κ2) is 9.45. The van der Waals surface area contributed by atoms with Gasteiger partial charge in [0.15, 0.2) is 0 Å². The van der Waals surface area contributed by atoms with Crippen molar-refractivity contribution in [3.05, 3.63) is 94.0 Å². The molecular weight excluding hydrogens is 358 g/mol. The third-order valence-corrected chi connectivity index (χ3v) is 4.71. The Bertz CT molecular complexity index is 878. The molecule has 0 atom stereocenters. The van der Waals surface area contributed by atoms with Crippen LogP contribution in [0, 0.1) is 6.92 Å². The summed E-state index contributed by atoms with van der Waals surface area (Å²) in [5.74, 6) is 1.71. The van der Waals surface area contributed by atoms with E-state index < -0.39 is 0 Å². The topological polar surface area (TPSA) is 30.5 Å². The number of aryl methyl sites for hydroxylation is 1. The molecule has 0 unspecified atom stereocenters. The Hall–Kier alpha value is -2.49. The van der Waals surface area contributed by atoms with E-state index in [1.807, 2.05) is 42.5 Å². The van der Waals surface area contributed by atoms with Gasteiger partial charge in [-0.05, 0) is 53.9 Å². The molecule has 0 aliphatic rings. The van der Waals surface area contributed by atoms with E-state index in [-0.39, 0.29) is 0 Å². The third-order valence-electron chi connectivity index (χ3n) is 4.47. The highest BCUT2D eigenvalue weighted by molar-refractivity contribution is 6.30. The second-order valence-corrected chi connectivity index (χ2v) is 6.86. The van der Waals surface area contributed by atoms with Crippen LogP contribution in [0.5, 0.6) is 11.5 Å². The summed E-state index contributed by atoms with van der Waals surface area (Å²) >= 11 is 6.19. The van der Waals surface area contributed by atoms with Gasteiger partial charge >= 0.3 is 0 Å². The molecule has 0 aromatic heterocycles. The van der Waals surface area contributed by atoms with E-state index in [1.54, 1.807) is 7.11 Å². The van der Waals surface area contributed by atoms with E-state index in [9.17, 15) is 0 Å². The van der Waals surface area contributed by atoms with Gasteiger partial charge in [-0.25, -0.2) is 0 Å². The van der Waals surface area contributed by atoms with E-state index in [1.165, 1.54) is 16.7 Å². The number of rotatable bonds is 8. The monoisotopic (exact) mass is 381 g/mol. The van der Waals surface area contributed by atoms with Crippen LogP contribution in [0.15, 0.2) is 66.7 Å². The Morgan fingerprint density at radius 2 is 1.67 bits per heavy atom. The Morgan fingerprint density at radius 3 is 2.41 bits per heavy atom. The van der Waals surface area contributed by atoms with Crippen LogP contribution in [0.4, 0.5) is 0 Å². The van der Waals surface area contributed by atoms with Crippen LogP contribution in [-0.2, 0) is 19.7 Å². The molecule has 0 radical (unpaired) electrons. The zero-order valence-corrected chi connectivity index (χ0v) is 16.4. The minimum Gasteiger partial charge on any atom is -0.497 e. The van der Waals surface area contributed by atoms with Gasteiger partial charge in [0.25, 0.3) is 0 Å². The van der Waals surface area contributed by atoms with Crippen molar-refractivity contribution in [1.82, 2.24) is 5.32 Å². The molecule has 0 aliphatic carbocycles. The van der Waals surface area contributed by atoms with Crippen molar-refractivity contribution in [2.45, 2.75) is 26.6 Å². The zero-order chi connectivity index (χ0) is 19.1. The van der Waals surface area contributed by atoms with Crippen LogP contribution >= 0.6 is 11.6 Å². The van der Waals surface area contributed by atoms with Crippen LogP contribution in [0.3, 0.4) is 0 Å². The maximum Gasteiger partial charge on any atom is 0.124 e. The second-order valence-electron chi connectivity index (χ2n) is 6.42. The maximum absolute atomic E-state index is 6.19. The molecule has 0 amide bonds. The molecule has 3 aromatic rings. The standard InChI is InChI=1S/C23H24ClNO2/c1-17-5-3-4-6-19(17)16-27-23-12-9-21(24)13-20(23)15-25-14-18-7-10-22(26-2)11-8-18/h3-13,25H,14-16H2,1-2H3. The van der Waals surface area contributed by atoms with Crippen molar-refractivity contribution < 1.29 is 9.47 Å². The summed E-state index contributed by atoms with van der Waals surface area (Å²) < 4.78 is 11.3. The molecule has 0 bridgehead atoms. The van der Waals surface area contributed by atoms with Crippen LogP contribution < -0.4 is 14.8 Å². The minimum atomic E-state index is 0.541. The van der Waals surface area contributed by atoms with Crippen molar-refractivity contribution >= 4 is 11.6 Å².